The van der Waals surface area contributed by atoms with Crippen LogP contribution in [0.1, 0.15) is 142 Å². The van der Waals surface area contributed by atoms with Crippen molar-refractivity contribution in [3.63, 3.8) is 0 Å². The molecule has 0 bridgehead atoms. The van der Waals surface area contributed by atoms with Crippen LogP contribution in [0.4, 0.5) is 22.7 Å². The molecule has 6 aliphatic rings. The number of rotatable bonds is 14. The number of pyridine rings is 2. The molecule has 6 aromatic rings. The number of aryl methyl sites for hydroxylation is 4. The number of thioether (sulfide) groups is 1. The summed E-state index contributed by atoms with van der Waals surface area (Å²) < 4.78 is 35.6. The van der Waals surface area contributed by atoms with Crippen LogP contribution in [0.25, 0.3) is 22.3 Å². The van der Waals surface area contributed by atoms with Crippen molar-refractivity contribution in [2.75, 3.05) is 83.0 Å². The Morgan fingerprint density at radius 2 is 0.956 bits per heavy atom. The highest BCUT2D eigenvalue weighted by Gasteiger charge is 2.50. The Morgan fingerprint density at radius 1 is 0.556 bits per heavy atom. The lowest BCUT2D eigenvalue weighted by molar-refractivity contribution is -0.121. The maximum absolute atomic E-state index is 13.9. The normalized spacial score (nSPS) is 18.2. The minimum atomic E-state index is -3.14. The fraction of sp³-hybridized carbons (Fsp3) is 0.457. The molecule has 2 spiro atoms. The quantitative estimate of drug-likeness (QED) is 0.0596. The van der Waals surface area contributed by atoms with Gasteiger partial charge in [0.05, 0.1) is 22.3 Å². The number of nitrogens with zero attached hydrogens (tertiary/aromatic N) is 2. The topological polar surface area (TPSA) is 241 Å². The lowest BCUT2D eigenvalue weighted by atomic mass is 9.76. The smallest absolute Gasteiger partial charge is 0.253 e. The van der Waals surface area contributed by atoms with Gasteiger partial charge in [0.2, 0.25) is 11.8 Å². The van der Waals surface area contributed by atoms with Crippen LogP contribution >= 0.6 is 11.8 Å². The maximum atomic E-state index is 13.9. The molecule has 12 rings (SSSR count). The van der Waals surface area contributed by atoms with Crippen molar-refractivity contribution in [1.29, 1.82) is 0 Å². The van der Waals surface area contributed by atoms with Gasteiger partial charge >= 0.3 is 0 Å². The molecule has 4 aromatic carbocycles. The average molecular weight is 1260 g/mol. The monoisotopic (exact) mass is 1260 g/mol. The van der Waals surface area contributed by atoms with Gasteiger partial charge in [0, 0.05) is 121 Å². The van der Waals surface area contributed by atoms with Gasteiger partial charge in [-0.25, -0.2) is 8.42 Å². The Labute approximate surface area is 531 Å². The Morgan fingerprint density at radius 3 is 1.34 bits per heavy atom. The van der Waals surface area contributed by atoms with Crippen LogP contribution in [0.15, 0.2) is 82.4 Å². The van der Waals surface area contributed by atoms with Gasteiger partial charge in [0.15, 0.2) is 0 Å². The van der Waals surface area contributed by atoms with Crippen LogP contribution in [0, 0.1) is 41.5 Å². The third-order valence-electron chi connectivity index (χ3n) is 19.8. The summed E-state index contributed by atoms with van der Waals surface area (Å²) in [4.78, 5) is 89.9. The van der Waals surface area contributed by atoms with Crippen LogP contribution in [0.2, 0.25) is 0 Å². The van der Waals surface area contributed by atoms with E-state index in [-0.39, 0.29) is 78.2 Å². The molecule has 18 nitrogen and oxygen atoms in total. The van der Waals surface area contributed by atoms with E-state index in [4.69, 9.17) is 9.47 Å². The third kappa shape index (κ3) is 12.6. The second-order valence-electron chi connectivity index (χ2n) is 25.2. The van der Waals surface area contributed by atoms with Gasteiger partial charge in [-0.3, -0.25) is 28.8 Å². The van der Waals surface area contributed by atoms with Crippen molar-refractivity contribution in [2.45, 2.75) is 143 Å². The van der Waals surface area contributed by atoms with Crippen LogP contribution in [-0.4, -0.2) is 117 Å². The molecule has 4 fully saturated rings. The molecular formula is C70H84N8O10S2. The van der Waals surface area contributed by atoms with E-state index in [0.29, 0.717) is 47.2 Å². The van der Waals surface area contributed by atoms with Crippen molar-refractivity contribution >= 4 is 68.0 Å². The summed E-state index contributed by atoms with van der Waals surface area (Å²) in [6.45, 7) is 20.3. The molecule has 4 saturated heterocycles. The average Bonchev–Trinajstić information content (AvgIpc) is 1.59. The van der Waals surface area contributed by atoms with Crippen LogP contribution in [0.3, 0.4) is 0 Å². The number of nitrogens with one attached hydrogen (secondary N) is 6. The molecule has 2 aromatic heterocycles. The second-order valence-corrected chi connectivity index (χ2v) is 28.7. The number of hydrogen-bond acceptors (Lipinski definition) is 13. The molecule has 20 heteroatoms. The fourth-order valence-corrected chi connectivity index (χ4v) is 17.3. The largest absolute Gasteiger partial charge is 0.381 e. The number of carbonyl (C=O) groups is 4. The predicted octanol–water partition coefficient (Wildman–Crippen LogP) is 9.92. The minimum Gasteiger partial charge on any atom is -0.381 e. The molecule has 476 valence electrons. The van der Waals surface area contributed by atoms with E-state index < -0.39 is 20.7 Å². The Hall–Kier alpha value is -7.52. The highest BCUT2D eigenvalue weighted by molar-refractivity contribution is 7.99. The minimum absolute atomic E-state index is 0.00551. The number of hydrogen-bond donors (Lipinski definition) is 6. The molecule has 0 unspecified atom stereocenters. The van der Waals surface area contributed by atoms with Crippen LogP contribution < -0.4 is 42.2 Å². The van der Waals surface area contributed by atoms with Crippen molar-refractivity contribution in [2.24, 2.45) is 0 Å². The Balaban J connectivity index is 0.000000185. The molecule has 6 aliphatic heterocycles. The first-order chi connectivity index (χ1) is 43.1. The summed E-state index contributed by atoms with van der Waals surface area (Å²) in [7, 11) is -3.14. The molecule has 8 heterocycles. The van der Waals surface area contributed by atoms with E-state index in [1.54, 1.807) is 0 Å². The number of ether oxygens (including phenoxy) is 2. The first kappa shape index (κ1) is 64.0. The highest BCUT2D eigenvalue weighted by Crippen LogP contribution is 2.49. The van der Waals surface area contributed by atoms with Crippen molar-refractivity contribution in [1.82, 2.24) is 20.6 Å². The summed E-state index contributed by atoms with van der Waals surface area (Å²) >= 11 is 1.91. The molecule has 0 aliphatic carbocycles. The molecule has 4 amide bonds. The number of H-pyrrole nitrogens is 2. The maximum Gasteiger partial charge on any atom is 0.253 e. The first-order valence-electron chi connectivity index (χ1n) is 31.8. The molecule has 0 radical (unpaired) electrons. The summed E-state index contributed by atoms with van der Waals surface area (Å²) in [5.74, 6) is 1.41. The number of carbonyl (C=O) groups excluding carboxylic acids is 4. The van der Waals surface area contributed by atoms with E-state index in [9.17, 15) is 37.2 Å². The van der Waals surface area contributed by atoms with Gasteiger partial charge in [0.1, 0.15) is 9.84 Å². The number of sulfone groups is 1. The third-order valence-corrected chi connectivity index (χ3v) is 22.4. The van der Waals surface area contributed by atoms with Gasteiger partial charge in [-0.1, -0.05) is 24.3 Å². The highest BCUT2D eigenvalue weighted by atomic mass is 32.2. The van der Waals surface area contributed by atoms with Gasteiger partial charge < -0.3 is 50.5 Å². The van der Waals surface area contributed by atoms with E-state index >= 15 is 0 Å². The molecule has 0 atom stereocenters. The van der Waals surface area contributed by atoms with Crippen LogP contribution in [-0.2, 0) is 52.8 Å². The first-order valence-corrected chi connectivity index (χ1v) is 34.8. The lowest BCUT2D eigenvalue weighted by Crippen LogP contribution is -2.42. The fourth-order valence-electron chi connectivity index (χ4n) is 14.6. The zero-order chi connectivity index (χ0) is 63.8. The van der Waals surface area contributed by atoms with Crippen molar-refractivity contribution in [3.05, 3.63) is 161 Å². The zero-order valence-electron chi connectivity index (χ0n) is 53.0. The Bertz CT molecular complexity index is 4030. The summed E-state index contributed by atoms with van der Waals surface area (Å²) in [5.41, 5.74) is 14.5. The van der Waals surface area contributed by atoms with Gasteiger partial charge in [-0.15, -0.1) is 0 Å². The van der Waals surface area contributed by atoms with Gasteiger partial charge in [0.25, 0.3) is 22.9 Å². The van der Waals surface area contributed by atoms with Gasteiger partial charge in [-0.2, -0.15) is 11.8 Å². The number of aromatic amines is 2. The molecular weight excluding hydrogens is 1180 g/mol. The standard InChI is InChI=1S/C35H42N4O6S.C35H42N4O4S/c1-5-39(26-8-12-45-13-9-26)31-19-25(17-27(23(31)4)32(40)36-20-28-21(2)16-22(3)37-33(28)41)24-6-7-29-30(18-24)38-34(42)35(29)10-14-46(43,44)15-11-35;1-5-39(26-8-12-43-13-9-26)31-19-25(24-6-7-29-30(18-24)38-34(42)35(29)10-14-44-15-11-35)17-27(23(31)4)32(40)36-20-28-21(2)16-22(3)37-33(28)41/h6-7,16-19,26H,5,8-15,20H2,1-4H3,(H,36,40)(H,37,41)(H,38,42);6-7,16-19,26H,5,8-15,20H2,1-4H3,(H,36,40)(H,37,41)(H,38,42). The van der Waals surface area contributed by atoms with Gasteiger partial charge in [-0.05, 0) is 222 Å². The summed E-state index contributed by atoms with van der Waals surface area (Å²) in [5, 5.41) is 12.2. The van der Waals surface area contributed by atoms with Crippen molar-refractivity contribution < 1.29 is 37.1 Å². The summed E-state index contributed by atoms with van der Waals surface area (Å²) in [6, 6.07) is 24.6. The number of amides is 4. The number of anilines is 4. The van der Waals surface area contributed by atoms with Crippen molar-refractivity contribution in [3.8, 4) is 22.3 Å². The Kier molecular flexibility index (Phi) is 18.8. The number of fused-ring (bicyclic) bond motifs is 4. The number of benzene rings is 4. The lowest BCUT2D eigenvalue weighted by Gasteiger charge is -2.37. The van der Waals surface area contributed by atoms with Crippen LogP contribution in [0.5, 0.6) is 0 Å². The molecule has 6 N–H and O–H groups in total. The molecule has 90 heavy (non-hydrogen) atoms. The van der Waals surface area contributed by atoms with E-state index in [1.807, 2.05) is 95.8 Å². The second kappa shape index (κ2) is 26.4. The van der Waals surface area contributed by atoms with E-state index in [1.165, 1.54) is 0 Å². The zero-order valence-corrected chi connectivity index (χ0v) is 54.7. The number of aromatic nitrogens is 2. The summed E-state index contributed by atoms with van der Waals surface area (Å²) in [6.07, 6.45) is 5.88. The van der Waals surface area contributed by atoms with E-state index in [0.717, 1.165) is 160 Å². The predicted molar refractivity (Wildman–Crippen MR) is 357 cm³/mol. The van der Waals surface area contributed by atoms with E-state index in [2.05, 4.69) is 85.2 Å². The SMILES string of the molecule is CCN(c1cc(-c2ccc3c(c2)NC(=O)C32CCS(=O)(=O)CC2)cc(C(=O)NCc2c(C)cc(C)[nH]c2=O)c1C)C1CCOCC1.CCN(c1cc(-c2ccc3c(c2)NC(=O)C32CCSCC2)cc(C(=O)NCc2c(C)cc(C)[nH]c2=O)c1C)C1CCOCC1. The molecule has 0 saturated carbocycles.